The van der Waals surface area contributed by atoms with Crippen LogP contribution < -0.4 is 5.43 Å². The van der Waals surface area contributed by atoms with E-state index in [4.69, 9.17) is 4.74 Å². The Morgan fingerprint density at radius 3 is 2.57 bits per heavy atom. The molecule has 0 radical (unpaired) electrons. The maximum Gasteiger partial charge on any atom is 0.344 e. The molecule has 0 atom stereocenters. The van der Waals surface area contributed by atoms with Crippen molar-refractivity contribution in [3.05, 3.63) is 75.2 Å². The van der Waals surface area contributed by atoms with Gasteiger partial charge in [-0.25, -0.2) is 18.6 Å². The molecule has 2 aromatic heterocycles. The van der Waals surface area contributed by atoms with Crippen LogP contribution in [-0.2, 0) is 11.3 Å². The Labute approximate surface area is 158 Å². The van der Waals surface area contributed by atoms with Crippen molar-refractivity contribution in [3.63, 3.8) is 0 Å². The summed E-state index contributed by atoms with van der Waals surface area (Å²) in [5, 5.41) is 0.258. The Bertz CT molecular complexity index is 1150. The Hall–Kier alpha value is -3.42. The summed E-state index contributed by atoms with van der Waals surface area (Å²) in [4.78, 5) is 41.3. The number of esters is 1. The van der Waals surface area contributed by atoms with Crippen molar-refractivity contribution in [3.8, 4) is 0 Å². The van der Waals surface area contributed by atoms with Crippen molar-refractivity contribution in [2.24, 2.45) is 0 Å². The van der Waals surface area contributed by atoms with Gasteiger partial charge >= 0.3 is 5.97 Å². The van der Waals surface area contributed by atoms with Crippen molar-refractivity contribution < 1.29 is 23.1 Å². The predicted octanol–water partition coefficient (Wildman–Crippen LogP) is 3.04. The summed E-state index contributed by atoms with van der Waals surface area (Å²) in [7, 11) is 0. The minimum Gasteiger partial charge on any atom is -0.454 e. The van der Waals surface area contributed by atoms with Crippen molar-refractivity contribution >= 4 is 22.8 Å². The fourth-order valence-electron chi connectivity index (χ4n) is 2.71. The largest absolute Gasteiger partial charge is 0.454 e. The molecule has 0 aliphatic heterocycles. The SMILES string of the molecule is CCn1cc(C(=O)OCC(=O)c2ccc(F)c(F)c2)c(=O)c2ccc(C)nc21. The van der Waals surface area contributed by atoms with Crippen molar-refractivity contribution in [2.45, 2.75) is 20.4 Å². The third-order valence-corrected chi connectivity index (χ3v) is 4.20. The van der Waals surface area contributed by atoms with Crippen LogP contribution in [0.3, 0.4) is 0 Å². The molecule has 28 heavy (non-hydrogen) atoms. The van der Waals surface area contributed by atoms with E-state index in [1.807, 2.05) is 6.92 Å². The summed E-state index contributed by atoms with van der Waals surface area (Å²) in [6.45, 7) is 3.37. The molecular formula is C20H16F2N2O4. The van der Waals surface area contributed by atoms with Crippen molar-refractivity contribution in [1.29, 1.82) is 0 Å². The number of hydrogen-bond acceptors (Lipinski definition) is 5. The van der Waals surface area contributed by atoms with Crippen LogP contribution in [0.2, 0.25) is 0 Å². The normalized spacial score (nSPS) is 10.9. The van der Waals surface area contributed by atoms with Gasteiger partial charge < -0.3 is 9.30 Å². The molecule has 6 nitrogen and oxygen atoms in total. The quantitative estimate of drug-likeness (QED) is 0.498. The zero-order valence-corrected chi connectivity index (χ0v) is 15.2. The van der Waals surface area contributed by atoms with Gasteiger partial charge in [-0.3, -0.25) is 9.59 Å². The average molecular weight is 386 g/mol. The Balaban J connectivity index is 1.86. The third kappa shape index (κ3) is 3.66. The fraction of sp³-hybridized carbons (Fsp3) is 0.200. The molecular weight excluding hydrogens is 370 g/mol. The summed E-state index contributed by atoms with van der Waals surface area (Å²) in [6.07, 6.45) is 1.33. The number of pyridine rings is 2. The molecule has 0 amide bonds. The maximum atomic E-state index is 13.2. The van der Waals surface area contributed by atoms with Gasteiger partial charge in [0.1, 0.15) is 11.2 Å². The third-order valence-electron chi connectivity index (χ3n) is 4.20. The first-order valence-electron chi connectivity index (χ1n) is 8.48. The lowest BCUT2D eigenvalue weighted by molar-refractivity contribution is 0.0472. The smallest absolute Gasteiger partial charge is 0.344 e. The number of hydrogen-bond donors (Lipinski definition) is 0. The monoisotopic (exact) mass is 386 g/mol. The van der Waals surface area contributed by atoms with Crippen LogP contribution in [0, 0.1) is 18.6 Å². The number of fused-ring (bicyclic) bond motifs is 1. The Morgan fingerprint density at radius 2 is 1.89 bits per heavy atom. The number of halogens is 2. The molecule has 2 heterocycles. The highest BCUT2D eigenvalue weighted by Crippen LogP contribution is 2.13. The van der Waals surface area contributed by atoms with Gasteiger partial charge in [0.2, 0.25) is 5.43 Å². The van der Waals surface area contributed by atoms with E-state index in [-0.39, 0.29) is 16.5 Å². The number of aryl methyl sites for hydroxylation is 2. The summed E-state index contributed by atoms with van der Waals surface area (Å²) in [6, 6.07) is 5.85. The maximum absolute atomic E-state index is 13.2. The summed E-state index contributed by atoms with van der Waals surface area (Å²) >= 11 is 0. The van der Waals surface area contributed by atoms with E-state index in [0.717, 1.165) is 23.9 Å². The molecule has 0 saturated carbocycles. The molecule has 144 valence electrons. The number of rotatable bonds is 5. The first-order chi connectivity index (χ1) is 13.3. The van der Waals surface area contributed by atoms with Crippen LogP contribution in [-0.4, -0.2) is 27.9 Å². The molecule has 0 fully saturated rings. The highest BCUT2D eigenvalue weighted by atomic mass is 19.2. The number of carbonyl (C=O) groups is 2. The molecule has 0 unspecified atom stereocenters. The molecule has 0 bridgehead atoms. The second-order valence-corrected chi connectivity index (χ2v) is 6.11. The molecule has 0 spiro atoms. The molecule has 0 aliphatic rings. The van der Waals surface area contributed by atoms with Gasteiger partial charge in [0, 0.05) is 24.0 Å². The Morgan fingerprint density at radius 1 is 1.14 bits per heavy atom. The number of Topliss-reactive ketones (excluding diaryl/α,β-unsaturated/α-hetero) is 1. The number of carbonyl (C=O) groups excluding carboxylic acids is 2. The van der Waals surface area contributed by atoms with Gasteiger partial charge in [-0.2, -0.15) is 0 Å². The lowest BCUT2D eigenvalue weighted by Gasteiger charge is -2.11. The van der Waals surface area contributed by atoms with E-state index in [9.17, 15) is 23.2 Å². The van der Waals surface area contributed by atoms with Crippen LogP contribution >= 0.6 is 0 Å². The van der Waals surface area contributed by atoms with E-state index in [1.165, 1.54) is 6.20 Å². The first kappa shape index (κ1) is 19.3. The van der Waals surface area contributed by atoms with Crippen LogP contribution in [0.25, 0.3) is 11.0 Å². The Kier molecular flexibility index (Phi) is 5.30. The second-order valence-electron chi connectivity index (χ2n) is 6.11. The van der Waals surface area contributed by atoms with Gasteiger partial charge in [-0.05, 0) is 44.2 Å². The molecule has 0 N–H and O–H groups in total. The molecule has 3 rings (SSSR count). The van der Waals surface area contributed by atoms with Gasteiger partial charge in [0.25, 0.3) is 0 Å². The molecule has 3 aromatic rings. The fourth-order valence-corrected chi connectivity index (χ4v) is 2.71. The van der Waals surface area contributed by atoms with E-state index in [2.05, 4.69) is 4.98 Å². The topological polar surface area (TPSA) is 78.3 Å². The lowest BCUT2D eigenvalue weighted by Crippen LogP contribution is -2.23. The van der Waals surface area contributed by atoms with E-state index in [0.29, 0.717) is 12.2 Å². The summed E-state index contributed by atoms with van der Waals surface area (Å²) < 4.78 is 32.7. The second kappa shape index (κ2) is 7.67. The van der Waals surface area contributed by atoms with E-state index >= 15 is 0 Å². The summed E-state index contributed by atoms with van der Waals surface area (Å²) in [5.41, 5.74) is 0.231. The zero-order chi connectivity index (χ0) is 20.4. The first-order valence-corrected chi connectivity index (χ1v) is 8.48. The van der Waals surface area contributed by atoms with Crippen LogP contribution in [0.1, 0.15) is 33.3 Å². The highest BCUT2D eigenvalue weighted by molar-refractivity contribution is 5.99. The molecule has 0 aliphatic carbocycles. The van der Waals surface area contributed by atoms with Gasteiger partial charge in [0.15, 0.2) is 24.0 Å². The predicted molar refractivity (Wildman–Crippen MR) is 97.4 cm³/mol. The standard InChI is InChI=1S/C20H16F2N2O4/c1-3-24-9-14(18(26)13-6-4-11(2)23-19(13)24)20(27)28-10-17(25)12-5-7-15(21)16(22)8-12/h4-9H,3,10H2,1-2H3. The number of ketones is 1. The van der Waals surface area contributed by atoms with Crippen LogP contribution in [0.5, 0.6) is 0 Å². The number of nitrogens with zero attached hydrogens (tertiary/aromatic N) is 2. The lowest BCUT2D eigenvalue weighted by atomic mass is 10.1. The molecule has 8 heteroatoms. The number of benzene rings is 1. The minimum absolute atomic E-state index is 0.143. The van der Waals surface area contributed by atoms with Crippen molar-refractivity contribution in [2.75, 3.05) is 6.61 Å². The number of aromatic nitrogens is 2. The van der Waals surface area contributed by atoms with Crippen molar-refractivity contribution in [1.82, 2.24) is 9.55 Å². The van der Waals surface area contributed by atoms with Crippen LogP contribution in [0.4, 0.5) is 8.78 Å². The van der Waals surface area contributed by atoms with E-state index in [1.54, 1.807) is 23.6 Å². The highest BCUT2D eigenvalue weighted by Gasteiger charge is 2.19. The minimum atomic E-state index is -1.18. The van der Waals surface area contributed by atoms with Gasteiger partial charge in [-0.1, -0.05) is 0 Å². The summed E-state index contributed by atoms with van der Waals surface area (Å²) in [5.74, 6) is -3.97. The average Bonchev–Trinajstić information content (AvgIpc) is 2.68. The van der Waals surface area contributed by atoms with Crippen LogP contribution in [0.15, 0.2) is 41.3 Å². The van der Waals surface area contributed by atoms with Gasteiger partial charge in [0.05, 0.1) is 5.39 Å². The molecule has 1 aromatic carbocycles. The van der Waals surface area contributed by atoms with E-state index < -0.39 is 35.4 Å². The molecule has 0 saturated heterocycles. The number of ether oxygens (including phenoxy) is 1. The van der Waals surface area contributed by atoms with Gasteiger partial charge in [-0.15, -0.1) is 0 Å². The zero-order valence-electron chi connectivity index (χ0n) is 15.2.